The highest BCUT2D eigenvalue weighted by Crippen LogP contribution is 2.17. The van der Waals surface area contributed by atoms with Gasteiger partial charge in [0.05, 0.1) is 17.2 Å². The number of hydrogen-bond donors (Lipinski definition) is 2. The van der Waals surface area contributed by atoms with E-state index in [4.69, 9.17) is 10.5 Å². The molecule has 7 nitrogen and oxygen atoms in total. The van der Waals surface area contributed by atoms with Crippen molar-refractivity contribution in [3.05, 3.63) is 106 Å². The van der Waals surface area contributed by atoms with E-state index in [1.807, 2.05) is 19.9 Å². The van der Waals surface area contributed by atoms with Gasteiger partial charge in [0.2, 0.25) is 0 Å². The van der Waals surface area contributed by atoms with Crippen molar-refractivity contribution in [1.29, 1.82) is 5.26 Å². The van der Waals surface area contributed by atoms with E-state index in [9.17, 15) is 23.6 Å². The van der Waals surface area contributed by atoms with Crippen LogP contribution in [0, 0.1) is 29.9 Å². The first-order valence-corrected chi connectivity index (χ1v) is 14.2. The first-order valence-electron chi connectivity index (χ1n) is 14.2. The summed E-state index contributed by atoms with van der Waals surface area (Å²) in [5, 5.41) is 12.4. The maximum atomic E-state index is 13.8. The summed E-state index contributed by atoms with van der Waals surface area (Å²) in [4.78, 5) is 28.4. The smallest absolute Gasteiger partial charge is 0.338 e. The average molecular weight is 577 g/mol. The van der Waals surface area contributed by atoms with Gasteiger partial charge in [0.15, 0.2) is 0 Å². The molecule has 0 unspecified atom stereocenters. The highest BCUT2D eigenvalue weighted by atomic mass is 19.1. The summed E-state index contributed by atoms with van der Waals surface area (Å²) in [6.07, 6.45) is 0.808. The minimum absolute atomic E-state index is 0.0543. The fourth-order valence-electron chi connectivity index (χ4n) is 4.79. The molecule has 42 heavy (non-hydrogen) atoms. The van der Waals surface area contributed by atoms with Gasteiger partial charge in [-0.1, -0.05) is 26.0 Å². The van der Waals surface area contributed by atoms with Crippen LogP contribution in [0.5, 0.6) is 0 Å². The number of nitrogens with zero attached hydrogens (tertiary/aromatic N) is 2. The normalized spacial score (nSPS) is 12.3. The fourth-order valence-corrected chi connectivity index (χ4v) is 4.79. The molecule has 0 saturated heterocycles. The number of carbonyl (C=O) groups excluding carboxylic acids is 2. The van der Waals surface area contributed by atoms with Gasteiger partial charge in [0.25, 0.3) is 5.91 Å². The van der Waals surface area contributed by atoms with Crippen molar-refractivity contribution in [3.8, 4) is 6.07 Å². The van der Waals surface area contributed by atoms with Gasteiger partial charge in [0.1, 0.15) is 17.7 Å². The summed E-state index contributed by atoms with van der Waals surface area (Å²) in [7, 11) is 0. The van der Waals surface area contributed by atoms with E-state index < -0.39 is 29.7 Å². The van der Waals surface area contributed by atoms with Gasteiger partial charge in [-0.3, -0.25) is 4.79 Å². The Bertz CT molecular complexity index is 1400. The van der Waals surface area contributed by atoms with Crippen molar-refractivity contribution >= 4 is 11.9 Å². The van der Waals surface area contributed by atoms with Crippen LogP contribution in [0.4, 0.5) is 8.78 Å². The summed E-state index contributed by atoms with van der Waals surface area (Å²) in [5.41, 5.74) is 9.49. The van der Waals surface area contributed by atoms with Crippen LogP contribution < -0.4 is 11.1 Å². The number of amides is 1. The highest BCUT2D eigenvalue weighted by Gasteiger charge is 2.25. The number of nitrogens with two attached hydrogens (primary N) is 1. The zero-order valence-corrected chi connectivity index (χ0v) is 24.3. The predicted octanol–water partition coefficient (Wildman–Crippen LogP) is 5.29. The number of benzene rings is 3. The van der Waals surface area contributed by atoms with Gasteiger partial charge in [-0.05, 0) is 85.3 Å². The average Bonchev–Trinajstić information content (AvgIpc) is 2.95. The molecule has 0 radical (unpaired) electrons. The molecule has 0 aliphatic carbocycles. The third-order valence-electron chi connectivity index (χ3n) is 6.69. The van der Waals surface area contributed by atoms with E-state index in [1.54, 1.807) is 42.2 Å². The number of hydrogen-bond acceptors (Lipinski definition) is 6. The molecule has 0 spiro atoms. The molecule has 2 atom stereocenters. The topological polar surface area (TPSA) is 108 Å². The first kappa shape index (κ1) is 32.4. The van der Waals surface area contributed by atoms with Crippen LogP contribution in [0.3, 0.4) is 0 Å². The second kappa shape index (κ2) is 15.8. The quantitative estimate of drug-likeness (QED) is 0.253. The molecular formula is C33H38F2N4O3. The lowest BCUT2D eigenvalue weighted by Crippen LogP contribution is -2.46. The predicted molar refractivity (Wildman–Crippen MR) is 158 cm³/mol. The lowest BCUT2D eigenvalue weighted by atomic mass is 10.0. The van der Waals surface area contributed by atoms with Crippen molar-refractivity contribution in [2.75, 3.05) is 19.6 Å². The zero-order valence-electron chi connectivity index (χ0n) is 24.3. The zero-order chi connectivity index (χ0) is 30.6. The summed E-state index contributed by atoms with van der Waals surface area (Å²) >= 11 is 0. The minimum atomic E-state index is -0.876. The Kier molecular flexibility index (Phi) is 12.1. The molecule has 3 aromatic rings. The lowest BCUT2D eigenvalue weighted by Gasteiger charge is -2.25. The van der Waals surface area contributed by atoms with Crippen molar-refractivity contribution in [2.24, 2.45) is 5.73 Å². The summed E-state index contributed by atoms with van der Waals surface area (Å²) in [5.74, 6) is -2.26. The number of carbonyl (C=O) groups is 2. The van der Waals surface area contributed by atoms with Gasteiger partial charge < -0.3 is 20.7 Å². The van der Waals surface area contributed by atoms with Crippen LogP contribution in [-0.2, 0) is 17.7 Å². The maximum Gasteiger partial charge on any atom is 0.338 e. The third-order valence-corrected chi connectivity index (χ3v) is 6.69. The molecule has 0 saturated carbocycles. The molecule has 3 rings (SSSR count). The maximum absolute atomic E-state index is 13.8. The molecule has 0 aliphatic rings. The van der Waals surface area contributed by atoms with Crippen LogP contribution in [0.25, 0.3) is 0 Å². The van der Waals surface area contributed by atoms with Gasteiger partial charge >= 0.3 is 5.97 Å². The molecule has 0 fully saturated rings. The number of halogens is 2. The number of esters is 1. The molecule has 222 valence electrons. The Balaban J connectivity index is 1.82. The molecule has 1 amide bonds. The van der Waals surface area contributed by atoms with Crippen molar-refractivity contribution in [2.45, 2.75) is 58.7 Å². The molecule has 3 aromatic carbocycles. The summed E-state index contributed by atoms with van der Waals surface area (Å²) in [6, 6.07) is 16.5. The number of nitrogens with one attached hydrogen (secondary N) is 1. The van der Waals surface area contributed by atoms with Gasteiger partial charge in [0, 0.05) is 43.9 Å². The van der Waals surface area contributed by atoms with Gasteiger partial charge in [-0.25, -0.2) is 13.6 Å². The summed E-state index contributed by atoms with van der Waals surface area (Å²) < 4.78 is 33.5. The number of aryl methyl sites for hydroxylation is 1. The Labute approximate surface area is 246 Å². The molecule has 0 aliphatic heterocycles. The molecule has 9 heteroatoms. The lowest BCUT2D eigenvalue weighted by molar-refractivity contribution is 0.0238. The Morgan fingerprint density at radius 3 is 2.29 bits per heavy atom. The second-order valence-corrected chi connectivity index (χ2v) is 10.4. The third kappa shape index (κ3) is 9.47. The van der Waals surface area contributed by atoms with Crippen molar-refractivity contribution in [3.63, 3.8) is 0 Å². The van der Waals surface area contributed by atoms with E-state index >= 15 is 0 Å². The van der Waals surface area contributed by atoms with Gasteiger partial charge in [-0.2, -0.15) is 5.26 Å². The van der Waals surface area contributed by atoms with E-state index in [0.29, 0.717) is 36.3 Å². The molecule has 0 heterocycles. The second-order valence-electron chi connectivity index (χ2n) is 10.4. The van der Waals surface area contributed by atoms with E-state index in [2.05, 4.69) is 11.4 Å². The van der Waals surface area contributed by atoms with Gasteiger partial charge in [-0.15, -0.1) is 0 Å². The molecule has 0 bridgehead atoms. The van der Waals surface area contributed by atoms with Crippen LogP contribution >= 0.6 is 0 Å². The number of nitriles is 1. The molecule has 0 aromatic heterocycles. The Morgan fingerprint density at radius 1 is 0.976 bits per heavy atom. The fraction of sp³-hybridized carbons (Fsp3) is 0.364. The van der Waals surface area contributed by atoms with Crippen molar-refractivity contribution in [1.82, 2.24) is 10.2 Å². The van der Waals surface area contributed by atoms with E-state index in [-0.39, 0.29) is 24.4 Å². The van der Waals surface area contributed by atoms with Crippen LogP contribution in [-0.4, -0.2) is 48.6 Å². The molecule has 3 N–H and O–H groups in total. The largest absolute Gasteiger partial charge is 0.456 e. The van der Waals surface area contributed by atoms with Crippen LogP contribution in [0.15, 0.2) is 60.7 Å². The van der Waals surface area contributed by atoms with E-state index in [1.165, 1.54) is 18.2 Å². The Morgan fingerprint density at radius 2 is 1.64 bits per heavy atom. The highest BCUT2D eigenvalue weighted by molar-refractivity contribution is 5.98. The molecular weight excluding hydrogens is 538 g/mol. The van der Waals surface area contributed by atoms with Crippen molar-refractivity contribution < 1.29 is 23.1 Å². The monoisotopic (exact) mass is 576 g/mol. The first-order chi connectivity index (χ1) is 20.1. The SMILES string of the molecule is CCCN(CCC)C(=O)c1cc(C)cc(C(=O)O[C@H](CNCc2cccc(C#N)c2)[C@@H](N)Cc2cc(F)cc(F)c2)c1. The summed E-state index contributed by atoms with van der Waals surface area (Å²) in [6.45, 7) is 7.55. The minimum Gasteiger partial charge on any atom is -0.456 e. The van der Waals surface area contributed by atoms with Crippen LogP contribution in [0.2, 0.25) is 0 Å². The van der Waals surface area contributed by atoms with Crippen LogP contribution in [0.1, 0.15) is 69.7 Å². The number of rotatable bonds is 14. The number of ether oxygens (including phenoxy) is 1. The standard InChI is InChI=1S/C33H38F2N4O3/c1-4-9-39(10-5-2)32(40)26-11-22(3)12-27(17-26)33(41)42-31(21-38-20-24-8-6-7-23(13-24)19-36)30(37)16-25-14-28(34)18-29(35)15-25/h6-8,11-15,17-18,30-31,38H,4-5,9-10,16,20-21,37H2,1-3H3/t30-,31+/m0/s1. The Hall–Kier alpha value is -4.13. The van der Waals surface area contributed by atoms with E-state index in [0.717, 1.165) is 30.0 Å².